The molecule has 1 atom stereocenters. The lowest BCUT2D eigenvalue weighted by Crippen LogP contribution is -2.40. The largest absolute Gasteiger partial charge is 0.399 e. The molecule has 1 unspecified atom stereocenters. The van der Waals surface area contributed by atoms with Crippen molar-refractivity contribution in [1.82, 2.24) is 4.72 Å². The Balaban J connectivity index is 2.19. The molecule has 0 aliphatic heterocycles. The van der Waals surface area contributed by atoms with Crippen LogP contribution in [0.5, 0.6) is 0 Å². The molecule has 0 radical (unpaired) electrons. The summed E-state index contributed by atoms with van der Waals surface area (Å²) >= 11 is 0. The number of nitrogens with one attached hydrogen (secondary N) is 1. The Morgan fingerprint density at radius 3 is 2.56 bits per heavy atom. The van der Waals surface area contributed by atoms with E-state index < -0.39 is 15.8 Å². The molecule has 0 spiro atoms. The molecule has 0 saturated heterocycles. The molecule has 0 aromatic heterocycles. The van der Waals surface area contributed by atoms with E-state index in [0.29, 0.717) is 5.92 Å². The molecule has 1 saturated carbocycles. The monoisotopic (exact) mass is 272 g/mol. The van der Waals surface area contributed by atoms with Gasteiger partial charge in [0, 0.05) is 11.7 Å². The highest BCUT2D eigenvalue weighted by molar-refractivity contribution is 7.89. The number of nitrogens with two attached hydrogens (primary N) is 1. The topological polar surface area (TPSA) is 72.2 Å². The van der Waals surface area contributed by atoms with E-state index >= 15 is 0 Å². The number of hydrogen-bond donors (Lipinski definition) is 2. The molecule has 0 amide bonds. The van der Waals surface area contributed by atoms with Crippen molar-refractivity contribution in [2.24, 2.45) is 5.92 Å². The molecule has 0 bridgehead atoms. The third kappa shape index (κ3) is 2.81. The van der Waals surface area contributed by atoms with Gasteiger partial charge in [0.15, 0.2) is 0 Å². The molecule has 1 aromatic rings. The van der Waals surface area contributed by atoms with Crippen molar-refractivity contribution in [3.8, 4) is 0 Å². The van der Waals surface area contributed by atoms with Crippen molar-refractivity contribution in [3.63, 3.8) is 0 Å². The smallest absolute Gasteiger partial charge is 0.240 e. The summed E-state index contributed by atoms with van der Waals surface area (Å²) in [6, 6.07) is 3.20. The molecule has 1 aliphatic rings. The summed E-state index contributed by atoms with van der Waals surface area (Å²) in [6.45, 7) is 1.84. The number of benzene rings is 1. The maximum absolute atomic E-state index is 13.2. The highest BCUT2D eigenvalue weighted by Gasteiger charge is 2.28. The molecule has 2 rings (SSSR count). The Kier molecular flexibility index (Phi) is 3.59. The molecule has 1 fully saturated rings. The van der Waals surface area contributed by atoms with Gasteiger partial charge in [0.1, 0.15) is 5.82 Å². The molecule has 100 valence electrons. The quantitative estimate of drug-likeness (QED) is 0.822. The summed E-state index contributed by atoms with van der Waals surface area (Å²) in [5.41, 5.74) is 5.56. The SMILES string of the molecule is CC(NS(=O)(=O)c1cc(N)cc(F)c1)C1CCC1. The molecule has 0 heterocycles. The second-order valence-electron chi connectivity index (χ2n) is 4.82. The van der Waals surface area contributed by atoms with Crippen LogP contribution in [0.15, 0.2) is 23.1 Å². The molecule has 4 nitrogen and oxygen atoms in total. The van der Waals surface area contributed by atoms with Crippen LogP contribution in [0.4, 0.5) is 10.1 Å². The van der Waals surface area contributed by atoms with Crippen molar-refractivity contribution in [3.05, 3.63) is 24.0 Å². The lowest BCUT2D eigenvalue weighted by Gasteiger charge is -2.31. The highest BCUT2D eigenvalue weighted by atomic mass is 32.2. The first-order chi connectivity index (χ1) is 8.38. The van der Waals surface area contributed by atoms with E-state index in [2.05, 4.69) is 4.72 Å². The third-order valence-electron chi connectivity index (χ3n) is 3.40. The van der Waals surface area contributed by atoms with E-state index in [0.717, 1.165) is 31.4 Å². The van der Waals surface area contributed by atoms with Crippen molar-refractivity contribution < 1.29 is 12.8 Å². The fourth-order valence-corrected chi connectivity index (χ4v) is 3.47. The molecule has 1 aliphatic carbocycles. The van der Waals surface area contributed by atoms with Crippen LogP contribution in [0.3, 0.4) is 0 Å². The Morgan fingerprint density at radius 2 is 2.06 bits per heavy atom. The minimum atomic E-state index is -3.70. The van der Waals surface area contributed by atoms with Crippen LogP contribution in [-0.2, 0) is 10.0 Å². The summed E-state index contributed by atoms with van der Waals surface area (Å²) < 4.78 is 39.9. The first-order valence-corrected chi connectivity index (χ1v) is 7.45. The van der Waals surface area contributed by atoms with E-state index in [-0.39, 0.29) is 16.6 Å². The fourth-order valence-electron chi connectivity index (χ4n) is 2.09. The second kappa shape index (κ2) is 4.85. The van der Waals surface area contributed by atoms with Gasteiger partial charge in [-0.15, -0.1) is 0 Å². The number of sulfonamides is 1. The average molecular weight is 272 g/mol. The fraction of sp³-hybridized carbons (Fsp3) is 0.500. The van der Waals surface area contributed by atoms with Gasteiger partial charge in [-0.25, -0.2) is 17.5 Å². The van der Waals surface area contributed by atoms with Crippen LogP contribution >= 0.6 is 0 Å². The first-order valence-electron chi connectivity index (χ1n) is 5.97. The van der Waals surface area contributed by atoms with E-state index in [4.69, 9.17) is 5.73 Å². The van der Waals surface area contributed by atoms with Gasteiger partial charge in [-0.05, 0) is 43.9 Å². The van der Waals surface area contributed by atoms with Gasteiger partial charge < -0.3 is 5.73 Å². The molecule has 1 aromatic carbocycles. The highest BCUT2D eigenvalue weighted by Crippen LogP contribution is 2.30. The van der Waals surface area contributed by atoms with Crippen LogP contribution in [-0.4, -0.2) is 14.5 Å². The van der Waals surface area contributed by atoms with Gasteiger partial charge in [0.05, 0.1) is 4.90 Å². The van der Waals surface area contributed by atoms with Crippen molar-refractivity contribution in [1.29, 1.82) is 0 Å². The van der Waals surface area contributed by atoms with Gasteiger partial charge in [-0.1, -0.05) is 6.42 Å². The van der Waals surface area contributed by atoms with E-state index in [1.807, 2.05) is 6.92 Å². The van der Waals surface area contributed by atoms with Gasteiger partial charge in [-0.3, -0.25) is 0 Å². The second-order valence-corrected chi connectivity index (χ2v) is 6.54. The van der Waals surface area contributed by atoms with Crippen LogP contribution in [0.2, 0.25) is 0 Å². The zero-order valence-electron chi connectivity index (χ0n) is 10.2. The van der Waals surface area contributed by atoms with Crippen molar-refractivity contribution >= 4 is 15.7 Å². The van der Waals surface area contributed by atoms with Gasteiger partial charge in [0.2, 0.25) is 10.0 Å². The van der Waals surface area contributed by atoms with E-state index in [1.165, 1.54) is 6.07 Å². The molecule has 3 N–H and O–H groups in total. The normalized spacial score (nSPS) is 18.3. The molecule has 18 heavy (non-hydrogen) atoms. The third-order valence-corrected chi connectivity index (χ3v) is 4.94. The van der Waals surface area contributed by atoms with E-state index in [9.17, 15) is 12.8 Å². The maximum atomic E-state index is 13.2. The van der Waals surface area contributed by atoms with Crippen molar-refractivity contribution in [2.75, 3.05) is 5.73 Å². The maximum Gasteiger partial charge on any atom is 0.240 e. The van der Waals surface area contributed by atoms with Gasteiger partial charge in [-0.2, -0.15) is 0 Å². The number of anilines is 1. The number of rotatable bonds is 4. The zero-order chi connectivity index (χ0) is 13.3. The number of hydrogen-bond acceptors (Lipinski definition) is 3. The Morgan fingerprint density at radius 1 is 1.39 bits per heavy atom. The summed E-state index contributed by atoms with van der Waals surface area (Å²) in [5, 5.41) is 0. The summed E-state index contributed by atoms with van der Waals surface area (Å²) in [7, 11) is -3.70. The van der Waals surface area contributed by atoms with Crippen LogP contribution in [0.1, 0.15) is 26.2 Å². The number of halogens is 1. The minimum Gasteiger partial charge on any atom is -0.399 e. The lowest BCUT2D eigenvalue weighted by molar-refractivity contribution is 0.260. The van der Waals surface area contributed by atoms with E-state index in [1.54, 1.807) is 0 Å². The lowest BCUT2D eigenvalue weighted by atomic mass is 9.81. The standard InChI is InChI=1S/C12H17FN2O2S/c1-8(9-3-2-4-9)15-18(16,17)12-6-10(13)5-11(14)7-12/h5-9,15H,2-4,14H2,1H3. The number of nitrogen functional groups attached to an aromatic ring is 1. The first kappa shape index (κ1) is 13.3. The van der Waals surface area contributed by atoms with Gasteiger partial charge in [0.25, 0.3) is 0 Å². The average Bonchev–Trinajstić information content (AvgIpc) is 2.11. The predicted octanol–water partition coefficient (Wildman–Crippen LogP) is 1.87. The molecular weight excluding hydrogens is 255 g/mol. The predicted molar refractivity (Wildman–Crippen MR) is 67.9 cm³/mol. The van der Waals surface area contributed by atoms with Crippen molar-refractivity contribution in [2.45, 2.75) is 37.1 Å². The van der Waals surface area contributed by atoms with Crippen LogP contribution < -0.4 is 10.5 Å². The molecular formula is C12H17FN2O2S. The Bertz CT molecular complexity index is 521. The Labute approximate surface area is 106 Å². The minimum absolute atomic E-state index is 0.103. The Hall–Kier alpha value is -1.14. The van der Waals surface area contributed by atoms with Crippen LogP contribution in [0, 0.1) is 11.7 Å². The van der Waals surface area contributed by atoms with Crippen LogP contribution in [0.25, 0.3) is 0 Å². The molecule has 6 heteroatoms. The summed E-state index contributed by atoms with van der Waals surface area (Å²) in [5.74, 6) is -0.266. The summed E-state index contributed by atoms with van der Waals surface area (Å²) in [4.78, 5) is -0.119. The zero-order valence-corrected chi connectivity index (χ0v) is 11.0. The van der Waals surface area contributed by atoms with Gasteiger partial charge >= 0.3 is 0 Å². The summed E-state index contributed by atoms with van der Waals surface area (Å²) in [6.07, 6.45) is 3.22.